The van der Waals surface area contributed by atoms with Crippen LogP contribution in [-0.4, -0.2) is 61.7 Å². The maximum Gasteiger partial charge on any atom is 0.191 e. The number of guanidine groups is 1. The smallest absolute Gasteiger partial charge is 0.191 e. The predicted molar refractivity (Wildman–Crippen MR) is 82.6 cm³/mol. The first-order valence-corrected chi connectivity index (χ1v) is 8.08. The highest BCUT2D eigenvalue weighted by Gasteiger charge is 2.34. The zero-order valence-electron chi connectivity index (χ0n) is 13.2. The monoisotopic (exact) mass is 299 g/mol. The molecule has 0 aromatic rings. The zero-order chi connectivity index (χ0) is 15.1. The van der Waals surface area contributed by atoms with Crippen LogP contribution in [0.4, 0.5) is 0 Å². The van der Waals surface area contributed by atoms with Crippen LogP contribution in [0.5, 0.6) is 0 Å². The third-order valence-electron chi connectivity index (χ3n) is 4.01. The highest BCUT2D eigenvalue weighted by molar-refractivity contribution is 5.80. The van der Waals surface area contributed by atoms with Gasteiger partial charge in [-0.25, -0.2) is 0 Å². The zero-order valence-corrected chi connectivity index (χ0v) is 13.2. The normalized spacial score (nSPS) is 26.2. The topological polar surface area (TPSA) is 75.1 Å². The molecule has 1 saturated carbocycles. The quantitative estimate of drug-likeness (QED) is 0.475. The Morgan fingerprint density at radius 1 is 1.52 bits per heavy atom. The highest BCUT2D eigenvalue weighted by atomic mass is 16.5. The maximum absolute atomic E-state index is 10.1. The van der Waals surface area contributed by atoms with Crippen molar-refractivity contribution in [3.8, 4) is 0 Å². The second kappa shape index (κ2) is 7.96. The summed E-state index contributed by atoms with van der Waals surface area (Å²) < 4.78 is 11.1. The van der Waals surface area contributed by atoms with E-state index in [1.807, 2.05) is 6.92 Å². The maximum atomic E-state index is 10.1. The Hall–Kier alpha value is -0.850. The van der Waals surface area contributed by atoms with E-state index < -0.39 is 5.60 Å². The molecule has 122 valence electrons. The van der Waals surface area contributed by atoms with E-state index in [2.05, 4.69) is 22.5 Å². The van der Waals surface area contributed by atoms with Gasteiger partial charge in [-0.15, -0.1) is 0 Å². The summed E-state index contributed by atoms with van der Waals surface area (Å²) in [4.78, 5) is 4.49. The van der Waals surface area contributed by atoms with Gasteiger partial charge in [-0.05, 0) is 39.5 Å². The fraction of sp³-hybridized carbons (Fsp3) is 0.933. The minimum Gasteiger partial charge on any atom is -0.388 e. The van der Waals surface area contributed by atoms with E-state index in [4.69, 9.17) is 9.47 Å². The summed E-state index contributed by atoms with van der Waals surface area (Å²) in [5.41, 5.74) is -0.580. The average Bonchev–Trinajstić information content (AvgIpc) is 2.94. The lowest BCUT2D eigenvalue weighted by Crippen LogP contribution is -2.46. The Bertz CT molecular complexity index is 339. The molecule has 0 bridgehead atoms. The van der Waals surface area contributed by atoms with Gasteiger partial charge in [-0.2, -0.15) is 0 Å². The van der Waals surface area contributed by atoms with Crippen molar-refractivity contribution in [3.05, 3.63) is 0 Å². The van der Waals surface area contributed by atoms with E-state index in [0.29, 0.717) is 19.8 Å². The molecule has 1 aliphatic carbocycles. The number of nitrogens with zero attached hydrogens (tertiary/aromatic N) is 1. The van der Waals surface area contributed by atoms with Crippen molar-refractivity contribution in [2.45, 2.75) is 57.3 Å². The molecular weight excluding hydrogens is 270 g/mol. The molecule has 1 saturated heterocycles. The van der Waals surface area contributed by atoms with E-state index in [1.165, 1.54) is 0 Å². The molecule has 2 fully saturated rings. The van der Waals surface area contributed by atoms with Gasteiger partial charge in [0.05, 0.1) is 31.5 Å². The molecule has 2 atom stereocenters. The lowest BCUT2D eigenvalue weighted by atomic mass is 9.80. The fourth-order valence-electron chi connectivity index (χ4n) is 2.49. The van der Waals surface area contributed by atoms with Crippen molar-refractivity contribution in [2.75, 3.05) is 32.9 Å². The molecule has 6 nitrogen and oxygen atoms in total. The molecule has 2 rings (SSSR count). The van der Waals surface area contributed by atoms with Gasteiger partial charge in [0.2, 0.25) is 0 Å². The van der Waals surface area contributed by atoms with Crippen LogP contribution in [0.25, 0.3) is 0 Å². The standard InChI is InChI=1S/C15H29N3O3/c1-3-16-14(17-11-15(19)6-4-7-15)18-12(2)9-21-13-5-8-20-10-13/h12-13,19H,3-11H2,1-2H3,(H2,16,17,18). The summed E-state index contributed by atoms with van der Waals surface area (Å²) in [6.07, 6.45) is 4.02. The van der Waals surface area contributed by atoms with Gasteiger partial charge < -0.3 is 25.2 Å². The van der Waals surface area contributed by atoms with Crippen molar-refractivity contribution in [3.63, 3.8) is 0 Å². The molecule has 0 aromatic heterocycles. The van der Waals surface area contributed by atoms with Gasteiger partial charge in [0.1, 0.15) is 0 Å². The number of nitrogens with one attached hydrogen (secondary N) is 2. The molecule has 2 aliphatic rings. The van der Waals surface area contributed by atoms with Crippen molar-refractivity contribution < 1.29 is 14.6 Å². The van der Waals surface area contributed by atoms with Crippen molar-refractivity contribution in [2.24, 2.45) is 4.99 Å². The first kappa shape index (κ1) is 16.5. The van der Waals surface area contributed by atoms with Crippen molar-refractivity contribution in [1.82, 2.24) is 10.6 Å². The van der Waals surface area contributed by atoms with Crippen LogP contribution in [0.15, 0.2) is 4.99 Å². The van der Waals surface area contributed by atoms with Crippen molar-refractivity contribution >= 4 is 5.96 Å². The summed E-state index contributed by atoms with van der Waals surface area (Å²) in [6, 6.07) is 0.166. The summed E-state index contributed by atoms with van der Waals surface area (Å²) in [5.74, 6) is 0.747. The Balaban J connectivity index is 1.73. The molecule has 0 amide bonds. The molecule has 6 heteroatoms. The third kappa shape index (κ3) is 5.45. The Kier molecular flexibility index (Phi) is 6.26. The van der Waals surface area contributed by atoms with Gasteiger partial charge in [-0.3, -0.25) is 4.99 Å². The Morgan fingerprint density at radius 3 is 2.90 bits per heavy atom. The SMILES string of the molecule is CCNC(=NCC1(O)CCC1)NC(C)COC1CCOC1. The van der Waals surface area contributed by atoms with Crippen LogP contribution in [0, 0.1) is 0 Å². The summed E-state index contributed by atoms with van der Waals surface area (Å²) in [6.45, 7) is 7.50. The van der Waals surface area contributed by atoms with E-state index in [9.17, 15) is 5.11 Å². The lowest BCUT2D eigenvalue weighted by Gasteiger charge is -2.35. The van der Waals surface area contributed by atoms with Crippen LogP contribution >= 0.6 is 0 Å². The molecular formula is C15H29N3O3. The number of aliphatic imine (C=N–C) groups is 1. The molecule has 1 aliphatic heterocycles. The van der Waals surface area contributed by atoms with Crippen LogP contribution in [0.1, 0.15) is 39.5 Å². The van der Waals surface area contributed by atoms with E-state index in [-0.39, 0.29) is 12.1 Å². The molecule has 21 heavy (non-hydrogen) atoms. The fourth-order valence-corrected chi connectivity index (χ4v) is 2.49. The van der Waals surface area contributed by atoms with Gasteiger partial charge in [0.25, 0.3) is 0 Å². The van der Waals surface area contributed by atoms with Crippen LogP contribution in [0.3, 0.4) is 0 Å². The van der Waals surface area contributed by atoms with Gasteiger partial charge in [0.15, 0.2) is 5.96 Å². The molecule has 0 aromatic carbocycles. The lowest BCUT2D eigenvalue weighted by molar-refractivity contribution is -0.0236. The number of aliphatic hydroxyl groups is 1. The summed E-state index contributed by atoms with van der Waals surface area (Å²) in [5, 5.41) is 16.6. The average molecular weight is 299 g/mol. The van der Waals surface area contributed by atoms with Crippen molar-refractivity contribution in [1.29, 1.82) is 0 Å². The molecule has 0 radical (unpaired) electrons. The third-order valence-corrected chi connectivity index (χ3v) is 4.01. The molecule has 3 N–H and O–H groups in total. The summed E-state index contributed by atoms with van der Waals surface area (Å²) in [7, 11) is 0. The first-order valence-electron chi connectivity index (χ1n) is 8.08. The van der Waals surface area contributed by atoms with E-state index in [0.717, 1.165) is 44.8 Å². The number of hydrogen-bond acceptors (Lipinski definition) is 4. The Morgan fingerprint density at radius 2 is 2.33 bits per heavy atom. The molecule has 1 heterocycles. The number of ether oxygens (including phenoxy) is 2. The molecule has 2 unspecified atom stereocenters. The first-order chi connectivity index (χ1) is 10.1. The highest BCUT2D eigenvalue weighted by Crippen LogP contribution is 2.31. The molecule has 0 spiro atoms. The minimum atomic E-state index is -0.580. The van der Waals surface area contributed by atoms with Gasteiger partial charge in [-0.1, -0.05) is 0 Å². The van der Waals surface area contributed by atoms with Gasteiger partial charge >= 0.3 is 0 Å². The number of hydrogen-bond donors (Lipinski definition) is 3. The van der Waals surface area contributed by atoms with Gasteiger partial charge in [0, 0.05) is 19.2 Å². The largest absolute Gasteiger partial charge is 0.388 e. The van der Waals surface area contributed by atoms with Crippen LogP contribution in [-0.2, 0) is 9.47 Å². The van der Waals surface area contributed by atoms with E-state index >= 15 is 0 Å². The minimum absolute atomic E-state index is 0.166. The van der Waals surface area contributed by atoms with E-state index in [1.54, 1.807) is 0 Å². The predicted octanol–water partition coefficient (Wildman–Crippen LogP) is 0.651. The van der Waals surface area contributed by atoms with Crippen LogP contribution in [0.2, 0.25) is 0 Å². The second-order valence-electron chi connectivity index (χ2n) is 6.14. The number of rotatable bonds is 7. The Labute approximate surface area is 127 Å². The second-order valence-corrected chi connectivity index (χ2v) is 6.14. The summed E-state index contributed by atoms with van der Waals surface area (Å²) >= 11 is 0. The van der Waals surface area contributed by atoms with Crippen LogP contribution < -0.4 is 10.6 Å².